The standard InChI is InChI=1S/C7H7IN2S/c8-5-1-3-6(4-2-5)10-7(9)11/h1-4H,(H3,9,10,11). The van der Waals surface area contributed by atoms with Crippen LogP contribution in [0.3, 0.4) is 0 Å². The molecule has 0 aliphatic carbocycles. The molecule has 3 N–H and O–H groups in total. The first kappa shape index (κ1) is 8.73. The minimum atomic E-state index is 0.297. The van der Waals surface area contributed by atoms with Crippen molar-refractivity contribution in [2.75, 3.05) is 5.32 Å². The van der Waals surface area contributed by atoms with E-state index in [9.17, 15) is 0 Å². The third-order valence-electron chi connectivity index (χ3n) is 1.11. The maximum absolute atomic E-state index is 5.28. The van der Waals surface area contributed by atoms with Crippen LogP contribution in [0.2, 0.25) is 0 Å². The Kier molecular flexibility index (Phi) is 3.07. The smallest absolute Gasteiger partial charge is 0.168 e. The third-order valence-corrected chi connectivity index (χ3v) is 1.93. The van der Waals surface area contributed by atoms with Gasteiger partial charge in [-0.2, -0.15) is 0 Å². The third kappa shape index (κ3) is 3.02. The summed E-state index contributed by atoms with van der Waals surface area (Å²) in [6.45, 7) is 0. The maximum Gasteiger partial charge on any atom is 0.168 e. The van der Waals surface area contributed by atoms with E-state index in [2.05, 4.69) is 40.1 Å². The molecule has 0 bridgehead atoms. The average molecular weight is 278 g/mol. The molecule has 0 spiro atoms. The summed E-state index contributed by atoms with van der Waals surface area (Å²) in [6, 6.07) is 7.84. The molecule has 1 rings (SSSR count). The Labute approximate surface area is 84.3 Å². The molecule has 0 fully saturated rings. The van der Waals surface area contributed by atoms with E-state index in [-0.39, 0.29) is 0 Å². The zero-order valence-electron chi connectivity index (χ0n) is 5.67. The predicted molar refractivity (Wildman–Crippen MR) is 59.6 cm³/mol. The van der Waals surface area contributed by atoms with Crippen molar-refractivity contribution >= 4 is 45.6 Å². The first-order valence-corrected chi connectivity index (χ1v) is 4.49. The van der Waals surface area contributed by atoms with Gasteiger partial charge in [0.25, 0.3) is 0 Å². The van der Waals surface area contributed by atoms with Crippen molar-refractivity contribution in [1.82, 2.24) is 0 Å². The van der Waals surface area contributed by atoms with Crippen LogP contribution >= 0.6 is 34.8 Å². The van der Waals surface area contributed by atoms with Gasteiger partial charge in [-0.05, 0) is 59.1 Å². The molecule has 0 aromatic heterocycles. The molecule has 2 nitrogen and oxygen atoms in total. The van der Waals surface area contributed by atoms with Crippen LogP contribution in [0.5, 0.6) is 0 Å². The lowest BCUT2D eigenvalue weighted by Gasteiger charge is -2.01. The second-order valence-corrected chi connectivity index (χ2v) is 3.68. The molecule has 0 amide bonds. The lowest BCUT2D eigenvalue weighted by molar-refractivity contribution is 1.58. The van der Waals surface area contributed by atoms with Crippen molar-refractivity contribution in [2.45, 2.75) is 0 Å². The highest BCUT2D eigenvalue weighted by molar-refractivity contribution is 14.1. The van der Waals surface area contributed by atoms with Crippen molar-refractivity contribution in [3.63, 3.8) is 0 Å². The Balaban J connectivity index is 2.74. The number of halogens is 1. The summed E-state index contributed by atoms with van der Waals surface area (Å²) in [5.41, 5.74) is 6.21. The first-order chi connectivity index (χ1) is 5.18. The zero-order chi connectivity index (χ0) is 8.27. The molecular formula is C7H7IN2S. The molecule has 58 valence electrons. The van der Waals surface area contributed by atoms with Crippen molar-refractivity contribution in [3.05, 3.63) is 27.8 Å². The molecular weight excluding hydrogens is 271 g/mol. The lowest BCUT2D eigenvalue weighted by atomic mass is 10.3. The van der Waals surface area contributed by atoms with E-state index in [0.717, 1.165) is 5.69 Å². The Hall–Kier alpha value is -0.360. The van der Waals surface area contributed by atoms with Crippen LogP contribution < -0.4 is 11.1 Å². The molecule has 1 aromatic carbocycles. The maximum atomic E-state index is 5.28. The van der Waals surface area contributed by atoms with Crippen LogP contribution in [0.4, 0.5) is 5.69 Å². The van der Waals surface area contributed by atoms with Crippen LogP contribution in [0.15, 0.2) is 24.3 Å². The van der Waals surface area contributed by atoms with E-state index >= 15 is 0 Å². The fourth-order valence-corrected chi connectivity index (χ4v) is 1.15. The van der Waals surface area contributed by atoms with Gasteiger partial charge < -0.3 is 11.1 Å². The Morgan fingerprint density at radius 3 is 2.36 bits per heavy atom. The number of rotatable bonds is 1. The van der Waals surface area contributed by atoms with E-state index < -0.39 is 0 Å². The molecule has 0 heterocycles. The minimum absolute atomic E-state index is 0.297. The van der Waals surface area contributed by atoms with Gasteiger partial charge in [0.2, 0.25) is 0 Å². The first-order valence-electron chi connectivity index (χ1n) is 3.00. The summed E-state index contributed by atoms with van der Waals surface area (Å²) >= 11 is 6.91. The monoisotopic (exact) mass is 278 g/mol. The van der Waals surface area contributed by atoms with E-state index in [0.29, 0.717) is 5.11 Å². The zero-order valence-corrected chi connectivity index (χ0v) is 8.65. The van der Waals surface area contributed by atoms with Gasteiger partial charge in [-0.3, -0.25) is 0 Å². The molecule has 4 heteroatoms. The van der Waals surface area contributed by atoms with Crippen LogP contribution in [0, 0.1) is 3.57 Å². The highest BCUT2D eigenvalue weighted by Gasteiger charge is 1.90. The van der Waals surface area contributed by atoms with Gasteiger partial charge in [-0.25, -0.2) is 0 Å². The van der Waals surface area contributed by atoms with Gasteiger partial charge >= 0.3 is 0 Å². The van der Waals surface area contributed by atoms with E-state index in [1.54, 1.807) is 0 Å². The second-order valence-electron chi connectivity index (χ2n) is 2.00. The Bertz CT molecular complexity index is 258. The van der Waals surface area contributed by atoms with Crippen molar-refractivity contribution in [1.29, 1.82) is 0 Å². The normalized spacial score (nSPS) is 9.18. The predicted octanol–water partition coefficient (Wildman–Crippen LogP) is 1.95. The SMILES string of the molecule is NC(=S)Nc1ccc(I)cc1. The molecule has 0 saturated heterocycles. The summed E-state index contributed by atoms with van der Waals surface area (Å²) in [5, 5.41) is 3.14. The van der Waals surface area contributed by atoms with Crippen molar-refractivity contribution in [2.24, 2.45) is 5.73 Å². The van der Waals surface area contributed by atoms with Crippen molar-refractivity contribution in [3.8, 4) is 0 Å². The summed E-state index contributed by atoms with van der Waals surface area (Å²) < 4.78 is 1.19. The number of benzene rings is 1. The summed E-state index contributed by atoms with van der Waals surface area (Å²) in [7, 11) is 0. The molecule has 1 aromatic rings. The molecule has 0 aliphatic heterocycles. The molecule has 0 radical (unpaired) electrons. The molecule has 11 heavy (non-hydrogen) atoms. The summed E-state index contributed by atoms with van der Waals surface area (Å²) in [4.78, 5) is 0. The Morgan fingerprint density at radius 1 is 1.36 bits per heavy atom. The van der Waals surface area contributed by atoms with Gasteiger partial charge in [0.05, 0.1) is 0 Å². The molecule has 0 saturated carbocycles. The van der Waals surface area contributed by atoms with Gasteiger partial charge in [0, 0.05) is 9.26 Å². The number of thiocarbonyl (C=S) groups is 1. The number of nitrogens with one attached hydrogen (secondary N) is 1. The fraction of sp³-hybridized carbons (Fsp3) is 0. The fourth-order valence-electron chi connectivity index (χ4n) is 0.675. The van der Waals surface area contributed by atoms with Gasteiger partial charge in [-0.1, -0.05) is 0 Å². The molecule has 0 unspecified atom stereocenters. The largest absolute Gasteiger partial charge is 0.376 e. The summed E-state index contributed by atoms with van der Waals surface area (Å²) in [6.07, 6.45) is 0. The van der Waals surface area contributed by atoms with Crippen LogP contribution in [-0.4, -0.2) is 5.11 Å². The van der Waals surface area contributed by atoms with Gasteiger partial charge in [-0.15, -0.1) is 0 Å². The number of anilines is 1. The average Bonchev–Trinajstić information content (AvgIpc) is 1.93. The molecule has 0 atom stereocenters. The minimum Gasteiger partial charge on any atom is -0.376 e. The Morgan fingerprint density at radius 2 is 1.91 bits per heavy atom. The van der Waals surface area contributed by atoms with E-state index in [4.69, 9.17) is 5.73 Å². The van der Waals surface area contributed by atoms with Crippen LogP contribution in [0.1, 0.15) is 0 Å². The van der Waals surface area contributed by atoms with E-state index in [1.165, 1.54) is 3.57 Å². The van der Waals surface area contributed by atoms with Gasteiger partial charge in [0.15, 0.2) is 5.11 Å². The quantitative estimate of drug-likeness (QED) is 0.609. The summed E-state index contributed by atoms with van der Waals surface area (Å²) in [5.74, 6) is 0. The van der Waals surface area contributed by atoms with Crippen molar-refractivity contribution < 1.29 is 0 Å². The lowest BCUT2D eigenvalue weighted by Crippen LogP contribution is -2.18. The molecule has 0 aliphatic rings. The number of hydrogen-bond acceptors (Lipinski definition) is 1. The van der Waals surface area contributed by atoms with Crippen LogP contribution in [0.25, 0.3) is 0 Å². The number of hydrogen-bond donors (Lipinski definition) is 2. The number of nitrogens with two attached hydrogens (primary N) is 1. The van der Waals surface area contributed by atoms with E-state index in [1.807, 2.05) is 24.3 Å². The van der Waals surface area contributed by atoms with Crippen LogP contribution in [-0.2, 0) is 0 Å². The highest BCUT2D eigenvalue weighted by atomic mass is 127. The topological polar surface area (TPSA) is 38.0 Å². The second kappa shape index (κ2) is 3.87. The highest BCUT2D eigenvalue weighted by Crippen LogP contribution is 2.10. The van der Waals surface area contributed by atoms with Gasteiger partial charge in [0.1, 0.15) is 0 Å².